The lowest BCUT2D eigenvalue weighted by atomic mass is 9.75. The van der Waals surface area contributed by atoms with Crippen LogP contribution in [0.3, 0.4) is 0 Å². The van der Waals surface area contributed by atoms with Crippen LogP contribution in [0, 0.1) is 12.8 Å². The number of aryl methyl sites for hydroxylation is 1. The van der Waals surface area contributed by atoms with E-state index < -0.39 is 5.97 Å². The van der Waals surface area contributed by atoms with Crippen LogP contribution >= 0.6 is 0 Å². The highest BCUT2D eigenvalue weighted by Gasteiger charge is 2.44. The van der Waals surface area contributed by atoms with E-state index in [0.29, 0.717) is 18.1 Å². The maximum atomic E-state index is 12.0. The molecule has 4 aromatic rings. The van der Waals surface area contributed by atoms with Gasteiger partial charge in [0.05, 0.1) is 17.3 Å². The predicted molar refractivity (Wildman–Crippen MR) is 137 cm³/mol. The Labute approximate surface area is 205 Å². The van der Waals surface area contributed by atoms with Crippen LogP contribution in [-0.2, 0) is 13.0 Å². The standard InChI is InChI=1S/C31H27NO3/c1-19-9-11-20(12-10-19)18-35-23-15-13-21(14-16-23)29-27-17-22-5-2-3-6-24(22)28(27)25-7-4-8-26(31(33)34)30(25)32-29/h2-16,27-29,32H,17-18H2,1H3,(H,33,34)/t27-,28-,29-/m0/s1. The number of para-hydroxylation sites is 1. The number of carboxylic acid groups (broad SMARTS) is 1. The number of nitrogens with one attached hydrogen (secondary N) is 1. The quantitative estimate of drug-likeness (QED) is 0.345. The number of carbonyl (C=O) groups is 1. The molecule has 0 radical (unpaired) electrons. The van der Waals surface area contributed by atoms with Gasteiger partial charge in [-0.3, -0.25) is 0 Å². The summed E-state index contributed by atoms with van der Waals surface area (Å²) < 4.78 is 6.02. The zero-order valence-corrected chi connectivity index (χ0v) is 19.6. The predicted octanol–water partition coefficient (Wildman–Crippen LogP) is 6.74. The molecule has 1 heterocycles. The van der Waals surface area contributed by atoms with Crippen molar-refractivity contribution in [3.63, 3.8) is 0 Å². The Morgan fingerprint density at radius 1 is 0.914 bits per heavy atom. The lowest BCUT2D eigenvalue weighted by Gasteiger charge is -2.38. The van der Waals surface area contributed by atoms with Gasteiger partial charge in [-0.2, -0.15) is 0 Å². The SMILES string of the molecule is Cc1ccc(COc2ccc([C@@H]3Nc4c(C(=O)O)cccc4[C@@H]4c5ccccc5C[C@@H]43)cc2)cc1. The van der Waals surface area contributed by atoms with E-state index in [1.54, 1.807) is 6.07 Å². The summed E-state index contributed by atoms with van der Waals surface area (Å²) in [4.78, 5) is 12.0. The number of fused-ring (bicyclic) bond motifs is 5. The topological polar surface area (TPSA) is 58.6 Å². The summed E-state index contributed by atoms with van der Waals surface area (Å²) in [5.74, 6) is 0.396. The van der Waals surface area contributed by atoms with Crippen molar-refractivity contribution in [2.75, 3.05) is 5.32 Å². The third-order valence-corrected chi connectivity index (χ3v) is 7.43. The van der Waals surface area contributed by atoms with Crippen molar-refractivity contribution in [3.05, 3.63) is 130 Å². The van der Waals surface area contributed by atoms with Gasteiger partial charge < -0.3 is 15.2 Å². The van der Waals surface area contributed by atoms with E-state index in [4.69, 9.17) is 4.74 Å². The van der Waals surface area contributed by atoms with Crippen LogP contribution in [0.15, 0.2) is 91.0 Å². The molecule has 0 spiro atoms. The first kappa shape index (κ1) is 21.5. The molecule has 4 nitrogen and oxygen atoms in total. The highest BCUT2D eigenvalue weighted by molar-refractivity contribution is 5.96. The number of rotatable bonds is 5. The normalized spacial score (nSPS) is 19.7. The molecular formula is C31H27NO3. The van der Waals surface area contributed by atoms with Crippen LogP contribution in [0.4, 0.5) is 5.69 Å². The summed E-state index contributed by atoms with van der Waals surface area (Å²) in [6.07, 6.45) is 0.959. The second-order valence-electron chi connectivity index (χ2n) is 9.58. The molecule has 0 aromatic heterocycles. The molecule has 4 heteroatoms. The fourth-order valence-electron chi connectivity index (χ4n) is 5.72. The van der Waals surface area contributed by atoms with Crippen LogP contribution in [-0.4, -0.2) is 11.1 Å². The molecule has 0 unspecified atom stereocenters. The minimum Gasteiger partial charge on any atom is -0.489 e. The van der Waals surface area contributed by atoms with Gasteiger partial charge in [0.1, 0.15) is 12.4 Å². The number of hydrogen-bond donors (Lipinski definition) is 2. The van der Waals surface area contributed by atoms with E-state index >= 15 is 0 Å². The third-order valence-electron chi connectivity index (χ3n) is 7.43. The number of anilines is 1. The molecule has 1 aliphatic heterocycles. The second-order valence-corrected chi connectivity index (χ2v) is 9.58. The summed E-state index contributed by atoms with van der Waals surface area (Å²) in [6, 6.07) is 30.8. The Kier molecular flexibility index (Phi) is 5.29. The van der Waals surface area contributed by atoms with E-state index in [0.717, 1.165) is 34.5 Å². The van der Waals surface area contributed by atoms with Gasteiger partial charge in [-0.15, -0.1) is 0 Å². The van der Waals surface area contributed by atoms with Gasteiger partial charge in [0.15, 0.2) is 0 Å². The fourth-order valence-corrected chi connectivity index (χ4v) is 5.72. The molecule has 35 heavy (non-hydrogen) atoms. The van der Waals surface area contributed by atoms with Crippen molar-refractivity contribution >= 4 is 11.7 Å². The highest BCUT2D eigenvalue weighted by Crippen LogP contribution is 2.54. The average molecular weight is 462 g/mol. The number of ether oxygens (including phenoxy) is 1. The Bertz CT molecular complexity index is 1390. The van der Waals surface area contributed by atoms with Gasteiger partial charge in [0, 0.05) is 5.92 Å². The molecule has 1 aliphatic carbocycles. The van der Waals surface area contributed by atoms with Crippen molar-refractivity contribution in [2.24, 2.45) is 5.92 Å². The maximum Gasteiger partial charge on any atom is 0.337 e. The maximum absolute atomic E-state index is 12.0. The number of aromatic carboxylic acids is 1. The van der Waals surface area contributed by atoms with Gasteiger partial charge in [0.2, 0.25) is 0 Å². The molecular weight excluding hydrogens is 434 g/mol. The summed E-state index contributed by atoms with van der Waals surface area (Å²) in [7, 11) is 0. The average Bonchev–Trinajstić information content (AvgIpc) is 3.28. The van der Waals surface area contributed by atoms with E-state index in [1.165, 1.54) is 16.7 Å². The number of carboxylic acids is 1. The van der Waals surface area contributed by atoms with Crippen molar-refractivity contribution in [3.8, 4) is 5.75 Å². The first-order valence-electron chi connectivity index (χ1n) is 12.1. The van der Waals surface area contributed by atoms with Gasteiger partial charge in [-0.25, -0.2) is 4.79 Å². The zero-order chi connectivity index (χ0) is 23.9. The molecule has 0 fully saturated rings. The van der Waals surface area contributed by atoms with Gasteiger partial charge in [-0.05, 0) is 65.3 Å². The molecule has 0 amide bonds. The first-order chi connectivity index (χ1) is 17.1. The van der Waals surface area contributed by atoms with E-state index in [1.807, 2.05) is 18.2 Å². The van der Waals surface area contributed by atoms with Crippen molar-refractivity contribution in [1.82, 2.24) is 0 Å². The van der Waals surface area contributed by atoms with Gasteiger partial charge in [-0.1, -0.05) is 78.4 Å². The Morgan fingerprint density at radius 2 is 1.66 bits per heavy atom. The van der Waals surface area contributed by atoms with E-state index in [2.05, 4.69) is 79.0 Å². The minimum atomic E-state index is -0.905. The zero-order valence-electron chi connectivity index (χ0n) is 19.6. The van der Waals surface area contributed by atoms with Crippen LogP contribution in [0.1, 0.15) is 55.7 Å². The lowest BCUT2D eigenvalue weighted by Crippen LogP contribution is -2.31. The van der Waals surface area contributed by atoms with E-state index in [9.17, 15) is 9.90 Å². The lowest BCUT2D eigenvalue weighted by molar-refractivity contribution is 0.0697. The van der Waals surface area contributed by atoms with E-state index in [-0.39, 0.29) is 12.0 Å². The highest BCUT2D eigenvalue weighted by atomic mass is 16.5. The smallest absolute Gasteiger partial charge is 0.337 e. The molecule has 174 valence electrons. The molecule has 6 rings (SSSR count). The molecule has 0 saturated heterocycles. The summed E-state index contributed by atoms with van der Waals surface area (Å²) in [5, 5.41) is 13.5. The second kappa shape index (κ2) is 8.62. The van der Waals surface area contributed by atoms with Crippen LogP contribution in [0.5, 0.6) is 5.75 Å². The Morgan fingerprint density at radius 3 is 2.43 bits per heavy atom. The third kappa shape index (κ3) is 3.85. The van der Waals surface area contributed by atoms with Crippen molar-refractivity contribution < 1.29 is 14.6 Å². The largest absolute Gasteiger partial charge is 0.489 e. The first-order valence-corrected chi connectivity index (χ1v) is 12.1. The fraction of sp³-hybridized carbons (Fsp3) is 0.194. The monoisotopic (exact) mass is 461 g/mol. The summed E-state index contributed by atoms with van der Waals surface area (Å²) in [6.45, 7) is 2.60. The van der Waals surface area contributed by atoms with Crippen LogP contribution in [0.2, 0.25) is 0 Å². The Hall–Kier alpha value is -4.05. The van der Waals surface area contributed by atoms with Crippen molar-refractivity contribution in [2.45, 2.75) is 31.9 Å². The van der Waals surface area contributed by atoms with Crippen molar-refractivity contribution in [1.29, 1.82) is 0 Å². The molecule has 0 bridgehead atoms. The summed E-state index contributed by atoms with van der Waals surface area (Å²) in [5.41, 5.74) is 8.31. The number of hydrogen-bond acceptors (Lipinski definition) is 3. The van der Waals surface area contributed by atoms with Crippen LogP contribution in [0.25, 0.3) is 0 Å². The minimum absolute atomic E-state index is 0.00606. The molecule has 3 atom stereocenters. The molecule has 4 aromatic carbocycles. The summed E-state index contributed by atoms with van der Waals surface area (Å²) >= 11 is 0. The molecule has 2 aliphatic rings. The molecule has 2 N–H and O–H groups in total. The number of benzene rings is 4. The van der Waals surface area contributed by atoms with Crippen LogP contribution < -0.4 is 10.1 Å². The Balaban J connectivity index is 1.32. The molecule has 0 saturated carbocycles. The van der Waals surface area contributed by atoms with Gasteiger partial charge >= 0.3 is 5.97 Å². The van der Waals surface area contributed by atoms with Gasteiger partial charge in [0.25, 0.3) is 0 Å².